The average molecular weight is 357 g/mol. The molecule has 26 heavy (non-hydrogen) atoms. The van der Waals surface area contributed by atoms with E-state index in [4.69, 9.17) is 4.98 Å². The number of para-hydroxylation sites is 1. The lowest BCUT2D eigenvalue weighted by atomic mass is 10.1. The molecular formula is C21H15N3OS. The van der Waals surface area contributed by atoms with Gasteiger partial charge >= 0.3 is 0 Å². The fourth-order valence-electron chi connectivity index (χ4n) is 3.30. The third-order valence-electron chi connectivity index (χ3n) is 4.63. The van der Waals surface area contributed by atoms with Crippen LogP contribution in [0.1, 0.15) is 11.1 Å². The zero-order valence-electron chi connectivity index (χ0n) is 14.1. The van der Waals surface area contributed by atoms with Gasteiger partial charge in [0.25, 0.3) is 0 Å². The van der Waals surface area contributed by atoms with Gasteiger partial charge in [-0.3, -0.25) is 9.48 Å². The summed E-state index contributed by atoms with van der Waals surface area (Å²) in [4.78, 5) is 18.6. The lowest BCUT2D eigenvalue weighted by Gasteiger charge is -2.09. The average Bonchev–Trinajstić information content (AvgIpc) is 3.10. The lowest BCUT2D eigenvalue weighted by Crippen LogP contribution is -2.09. The van der Waals surface area contributed by atoms with Crippen LogP contribution in [-0.2, 0) is 6.54 Å². The zero-order valence-corrected chi connectivity index (χ0v) is 15.0. The minimum Gasteiger partial charge on any atom is -0.287 e. The van der Waals surface area contributed by atoms with Crippen molar-refractivity contribution in [1.29, 1.82) is 0 Å². The summed E-state index contributed by atoms with van der Waals surface area (Å²) in [6.45, 7) is 2.50. The maximum Gasteiger partial charge on any atom is 0.211 e. The molecule has 0 fully saturated rings. The maximum atomic E-state index is 12.8. The van der Waals surface area contributed by atoms with E-state index in [1.807, 2.05) is 60.3 Å². The quantitative estimate of drug-likeness (QED) is 0.438. The first-order valence-corrected chi connectivity index (χ1v) is 9.25. The molecular weight excluding hydrogens is 342 g/mol. The molecule has 0 N–H and O–H groups in total. The van der Waals surface area contributed by atoms with Crippen molar-refractivity contribution in [3.8, 4) is 10.6 Å². The summed E-state index contributed by atoms with van der Waals surface area (Å²) in [5, 5.41) is 5.39. The summed E-state index contributed by atoms with van der Waals surface area (Å²) in [7, 11) is 0. The van der Waals surface area contributed by atoms with Gasteiger partial charge in [0.2, 0.25) is 5.43 Å². The molecule has 0 spiro atoms. The fourth-order valence-corrected chi connectivity index (χ4v) is 4.38. The minimum atomic E-state index is -0.00681. The van der Waals surface area contributed by atoms with Crippen molar-refractivity contribution in [2.45, 2.75) is 13.5 Å². The number of rotatable bonds is 2. The molecule has 4 nitrogen and oxygen atoms in total. The number of fused-ring (bicyclic) bond motifs is 4. The van der Waals surface area contributed by atoms with Crippen LogP contribution < -0.4 is 5.43 Å². The molecule has 0 atom stereocenters. The number of aromatic nitrogens is 3. The number of benzene rings is 3. The Kier molecular flexibility index (Phi) is 3.36. The molecule has 1 aliphatic heterocycles. The first-order chi connectivity index (χ1) is 12.7. The Labute approximate surface area is 153 Å². The second-order valence-corrected chi connectivity index (χ2v) is 7.44. The van der Waals surface area contributed by atoms with Crippen molar-refractivity contribution in [2.24, 2.45) is 0 Å². The second kappa shape index (κ2) is 5.75. The van der Waals surface area contributed by atoms with E-state index in [1.54, 1.807) is 11.3 Å². The van der Waals surface area contributed by atoms with Crippen LogP contribution >= 0.6 is 11.3 Å². The Bertz CT molecular complexity index is 1290. The number of hydrogen-bond donors (Lipinski definition) is 0. The summed E-state index contributed by atoms with van der Waals surface area (Å²) >= 11 is 1.62. The molecule has 3 aromatic rings. The largest absolute Gasteiger partial charge is 0.287 e. The van der Waals surface area contributed by atoms with E-state index in [0.29, 0.717) is 12.1 Å². The van der Waals surface area contributed by atoms with Crippen molar-refractivity contribution in [3.05, 3.63) is 82.1 Å². The Morgan fingerprint density at radius 3 is 2.65 bits per heavy atom. The minimum absolute atomic E-state index is 0.00681. The molecule has 0 saturated carbocycles. The van der Waals surface area contributed by atoms with Gasteiger partial charge in [-0.05, 0) is 24.6 Å². The van der Waals surface area contributed by atoms with Crippen molar-refractivity contribution in [2.75, 3.05) is 0 Å². The molecule has 0 unspecified atom stereocenters. The van der Waals surface area contributed by atoms with E-state index in [0.717, 1.165) is 37.3 Å². The highest BCUT2D eigenvalue weighted by atomic mass is 32.1. The van der Waals surface area contributed by atoms with Crippen molar-refractivity contribution in [3.63, 3.8) is 0 Å². The van der Waals surface area contributed by atoms with Crippen LogP contribution in [-0.4, -0.2) is 14.8 Å². The van der Waals surface area contributed by atoms with Crippen molar-refractivity contribution in [1.82, 2.24) is 14.8 Å². The van der Waals surface area contributed by atoms with Gasteiger partial charge in [-0.25, -0.2) is 4.98 Å². The molecule has 0 saturated heterocycles. The summed E-state index contributed by atoms with van der Waals surface area (Å²) in [5.74, 6) is 0. The van der Waals surface area contributed by atoms with Crippen LogP contribution in [0.2, 0.25) is 0 Å². The standard InChI is InChI=1S/C21H15N3OS/c1-13-20(25)18-15(12-24(23-18)11-14-7-3-2-4-8-14)19-21(13)26-17-10-6-5-9-16(17)22-19/h2-10,12H,11H2,1H3. The normalized spacial score (nSPS) is 11.6. The Morgan fingerprint density at radius 2 is 1.81 bits per heavy atom. The van der Waals surface area contributed by atoms with Crippen LogP contribution in [0, 0.1) is 6.92 Å². The predicted octanol–water partition coefficient (Wildman–Crippen LogP) is 4.47. The summed E-state index contributed by atoms with van der Waals surface area (Å²) in [6, 6.07) is 18.1. The van der Waals surface area contributed by atoms with Gasteiger partial charge in [-0.2, -0.15) is 5.10 Å². The maximum absolute atomic E-state index is 12.8. The highest BCUT2D eigenvalue weighted by Crippen LogP contribution is 2.36. The van der Waals surface area contributed by atoms with Crippen LogP contribution in [0.3, 0.4) is 0 Å². The summed E-state index contributed by atoms with van der Waals surface area (Å²) in [5.41, 5.74) is 4.17. The van der Waals surface area contributed by atoms with Gasteiger partial charge in [-0.15, -0.1) is 11.3 Å². The van der Waals surface area contributed by atoms with Crippen LogP contribution in [0.25, 0.3) is 31.7 Å². The van der Waals surface area contributed by atoms with Crippen LogP contribution in [0.15, 0.2) is 65.6 Å². The van der Waals surface area contributed by atoms with E-state index < -0.39 is 0 Å². The molecule has 2 aliphatic rings. The van der Waals surface area contributed by atoms with Gasteiger partial charge in [-0.1, -0.05) is 42.5 Å². The van der Waals surface area contributed by atoms with Crippen LogP contribution in [0.4, 0.5) is 0 Å². The lowest BCUT2D eigenvalue weighted by molar-refractivity contribution is 0.695. The van der Waals surface area contributed by atoms with Crippen molar-refractivity contribution >= 4 is 32.5 Å². The summed E-state index contributed by atoms with van der Waals surface area (Å²) < 4.78 is 2.92. The number of hydrogen-bond acceptors (Lipinski definition) is 4. The van der Waals surface area contributed by atoms with E-state index in [9.17, 15) is 4.79 Å². The molecule has 2 heterocycles. The molecule has 0 amide bonds. The number of nitrogens with zero attached hydrogens (tertiary/aromatic N) is 3. The molecule has 126 valence electrons. The highest BCUT2D eigenvalue weighted by molar-refractivity contribution is 7.21. The van der Waals surface area contributed by atoms with Gasteiger partial charge in [0.05, 0.1) is 32.7 Å². The fraction of sp³-hybridized carbons (Fsp3) is 0.0952. The first-order valence-electron chi connectivity index (χ1n) is 8.44. The first kappa shape index (κ1) is 15.2. The highest BCUT2D eigenvalue weighted by Gasteiger charge is 2.20. The van der Waals surface area contributed by atoms with Gasteiger partial charge in [0.15, 0.2) is 0 Å². The van der Waals surface area contributed by atoms with Gasteiger partial charge < -0.3 is 0 Å². The monoisotopic (exact) mass is 357 g/mol. The molecule has 0 radical (unpaired) electrons. The Balaban J connectivity index is 1.79. The Morgan fingerprint density at radius 1 is 1.04 bits per heavy atom. The topological polar surface area (TPSA) is 47.8 Å². The summed E-state index contributed by atoms with van der Waals surface area (Å²) in [6.07, 6.45) is 1.94. The van der Waals surface area contributed by atoms with Crippen LogP contribution in [0.5, 0.6) is 0 Å². The molecule has 5 heteroatoms. The SMILES string of the molecule is Cc1c2sc3ccccc3nc-2c2cn(Cc3ccccc3)nc2c1=O. The molecule has 1 aliphatic carbocycles. The van der Waals surface area contributed by atoms with Gasteiger partial charge in [0.1, 0.15) is 5.52 Å². The molecule has 2 aromatic carbocycles. The molecule has 5 rings (SSSR count). The van der Waals surface area contributed by atoms with Gasteiger partial charge in [0, 0.05) is 11.8 Å². The third-order valence-corrected chi connectivity index (χ3v) is 5.89. The van der Waals surface area contributed by atoms with E-state index in [2.05, 4.69) is 17.2 Å². The van der Waals surface area contributed by atoms with E-state index in [1.165, 1.54) is 0 Å². The van der Waals surface area contributed by atoms with E-state index in [-0.39, 0.29) is 5.43 Å². The zero-order chi connectivity index (χ0) is 17.7. The second-order valence-electron chi connectivity index (χ2n) is 6.39. The molecule has 1 aromatic heterocycles. The predicted molar refractivity (Wildman–Crippen MR) is 106 cm³/mol. The van der Waals surface area contributed by atoms with E-state index >= 15 is 0 Å². The third kappa shape index (κ3) is 2.32. The smallest absolute Gasteiger partial charge is 0.211 e. The Hall–Kier alpha value is -3.05. The molecule has 0 bridgehead atoms. The van der Waals surface area contributed by atoms with Crippen molar-refractivity contribution < 1.29 is 0 Å².